The predicted octanol–water partition coefficient (Wildman–Crippen LogP) is 2.74. The van der Waals surface area contributed by atoms with Crippen LogP contribution < -0.4 is 15.4 Å². The van der Waals surface area contributed by atoms with Crippen LogP contribution in [0.15, 0.2) is 18.2 Å². The maximum atomic E-state index is 11.7. The molecule has 1 fully saturated rings. The Balaban J connectivity index is 1.85. The van der Waals surface area contributed by atoms with Gasteiger partial charge in [-0.15, -0.1) is 0 Å². The Morgan fingerprint density at radius 3 is 2.95 bits per heavy atom. The van der Waals surface area contributed by atoms with Crippen molar-refractivity contribution in [2.24, 2.45) is 5.92 Å². The molecule has 0 heterocycles. The molecule has 2 rings (SSSR count). The van der Waals surface area contributed by atoms with Crippen molar-refractivity contribution in [3.63, 3.8) is 0 Å². The minimum atomic E-state index is -0.0886. The van der Waals surface area contributed by atoms with E-state index in [1.165, 1.54) is 12.8 Å². The minimum Gasteiger partial charge on any atom is -0.482 e. The maximum Gasteiger partial charge on any atom is 0.257 e. The number of halogens is 1. The monoisotopic (exact) mass is 310 g/mol. The number of hydrogen-bond donors (Lipinski definition) is 2. The van der Waals surface area contributed by atoms with E-state index in [-0.39, 0.29) is 12.5 Å². The fourth-order valence-corrected chi connectivity index (χ4v) is 2.27. The van der Waals surface area contributed by atoms with Gasteiger partial charge in [0.25, 0.3) is 5.91 Å². The van der Waals surface area contributed by atoms with Crippen molar-refractivity contribution in [2.75, 3.05) is 19.7 Å². The molecule has 4 nitrogen and oxygen atoms in total. The van der Waals surface area contributed by atoms with E-state index in [1.807, 2.05) is 12.1 Å². The van der Waals surface area contributed by atoms with Gasteiger partial charge in [-0.05, 0) is 37.8 Å². The molecular formula is C16H23ClN2O2. The SMILES string of the molecule is CCCNCc1cccc(Cl)c1OCC(=O)NCC1CC1. The van der Waals surface area contributed by atoms with Crippen molar-refractivity contribution in [3.05, 3.63) is 28.8 Å². The van der Waals surface area contributed by atoms with E-state index in [1.54, 1.807) is 6.07 Å². The molecule has 0 unspecified atom stereocenters. The average molecular weight is 311 g/mol. The van der Waals surface area contributed by atoms with Gasteiger partial charge >= 0.3 is 0 Å². The Morgan fingerprint density at radius 2 is 2.24 bits per heavy atom. The average Bonchev–Trinajstić information content (AvgIpc) is 3.29. The van der Waals surface area contributed by atoms with Crippen LogP contribution in [-0.2, 0) is 11.3 Å². The lowest BCUT2D eigenvalue weighted by molar-refractivity contribution is -0.123. The van der Waals surface area contributed by atoms with Crippen LogP contribution in [0.3, 0.4) is 0 Å². The van der Waals surface area contributed by atoms with Gasteiger partial charge in [-0.1, -0.05) is 30.7 Å². The Bertz CT molecular complexity index is 475. The molecule has 1 aliphatic rings. The zero-order chi connectivity index (χ0) is 15.1. The van der Waals surface area contributed by atoms with Crippen LogP contribution in [0.5, 0.6) is 5.75 Å². The Kier molecular flexibility index (Phi) is 6.33. The normalized spacial score (nSPS) is 14.0. The number of benzene rings is 1. The third kappa shape index (κ3) is 5.56. The summed E-state index contributed by atoms with van der Waals surface area (Å²) >= 11 is 6.18. The third-order valence-electron chi connectivity index (χ3n) is 3.42. The van der Waals surface area contributed by atoms with Crippen molar-refractivity contribution in [1.82, 2.24) is 10.6 Å². The molecular weight excluding hydrogens is 288 g/mol. The van der Waals surface area contributed by atoms with Crippen molar-refractivity contribution in [2.45, 2.75) is 32.7 Å². The smallest absolute Gasteiger partial charge is 0.257 e. The fraction of sp³-hybridized carbons (Fsp3) is 0.562. The number of ether oxygens (including phenoxy) is 1. The van der Waals surface area contributed by atoms with Gasteiger partial charge < -0.3 is 15.4 Å². The number of carbonyl (C=O) groups excluding carboxylic acids is 1. The van der Waals surface area contributed by atoms with E-state index >= 15 is 0 Å². The topological polar surface area (TPSA) is 50.4 Å². The number of carbonyl (C=O) groups is 1. The first-order valence-corrected chi connectivity index (χ1v) is 7.96. The second-order valence-corrected chi connectivity index (χ2v) is 5.85. The number of hydrogen-bond acceptors (Lipinski definition) is 3. The van der Waals surface area contributed by atoms with E-state index in [4.69, 9.17) is 16.3 Å². The van der Waals surface area contributed by atoms with Gasteiger partial charge in [0.05, 0.1) is 5.02 Å². The van der Waals surface area contributed by atoms with Crippen LogP contribution in [0.25, 0.3) is 0 Å². The highest BCUT2D eigenvalue weighted by Gasteiger charge is 2.21. The van der Waals surface area contributed by atoms with Gasteiger partial charge in [0, 0.05) is 18.7 Å². The van der Waals surface area contributed by atoms with Gasteiger partial charge in [0.15, 0.2) is 6.61 Å². The van der Waals surface area contributed by atoms with Crippen LogP contribution in [0, 0.1) is 5.92 Å². The second kappa shape index (κ2) is 8.25. The minimum absolute atomic E-state index is 0.0111. The van der Waals surface area contributed by atoms with Gasteiger partial charge in [0.1, 0.15) is 5.75 Å². The van der Waals surface area contributed by atoms with E-state index in [9.17, 15) is 4.79 Å². The van der Waals surface area contributed by atoms with Crippen LogP contribution in [0.4, 0.5) is 0 Å². The van der Waals surface area contributed by atoms with Crippen LogP contribution >= 0.6 is 11.6 Å². The summed E-state index contributed by atoms with van der Waals surface area (Å²) in [5.41, 5.74) is 0.978. The Morgan fingerprint density at radius 1 is 1.43 bits per heavy atom. The first kappa shape index (κ1) is 16.1. The molecule has 21 heavy (non-hydrogen) atoms. The third-order valence-corrected chi connectivity index (χ3v) is 3.72. The molecule has 1 saturated carbocycles. The first-order chi connectivity index (χ1) is 10.2. The summed E-state index contributed by atoms with van der Waals surface area (Å²) < 4.78 is 5.63. The lowest BCUT2D eigenvalue weighted by Crippen LogP contribution is -2.30. The maximum absolute atomic E-state index is 11.7. The van der Waals surface area contributed by atoms with E-state index in [0.29, 0.717) is 23.2 Å². The molecule has 116 valence electrons. The lowest BCUT2D eigenvalue weighted by atomic mass is 10.2. The summed E-state index contributed by atoms with van der Waals surface area (Å²) in [5.74, 6) is 1.18. The van der Waals surface area contributed by atoms with Gasteiger partial charge in [-0.25, -0.2) is 0 Å². The number of rotatable bonds is 9. The number of para-hydroxylation sites is 1. The number of nitrogens with one attached hydrogen (secondary N) is 2. The van der Waals surface area contributed by atoms with Gasteiger partial charge in [0.2, 0.25) is 0 Å². The highest BCUT2D eigenvalue weighted by molar-refractivity contribution is 6.32. The van der Waals surface area contributed by atoms with Crippen molar-refractivity contribution < 1.29 is 9.53 Å². The van der Waals surface area contributed by atoms with Crippen molar-refractivity contribution in [1.29, 1.82) is 0 Å². The molecule has 1 aromatic carbocycles. The number of amides is 1. The molecule has 1 aliphatic carbocycles. The molecule has 0 spiro atoms. The Labute approximate surface area is 131 Å². The molecule has 1 amide bonds. The van der Waals surface area contributed by atoms with Gasteiger partial charge in [-0.3, -0.25) is 4.79 Å². The largest absolute Gasteiger partial charge is 0.482 e. The highest BCUT2D eigenvalue weighted by Crippen LogP contribution is 2.29. The van der Waals surface area contributed by atoms with Crippen molar-refractivity contribution >= 4 is 17.5 Å². The molecule has 0 aliphatic heterocycles. The molecule has 0 aromatic heterocycles. The highest BCUT2D eigenvalue weighted by atomic mass is 35.5. The zero-order valence-corrected chi connectivity index (χ0v) is 13.2. The van der Waals surface area contributed by atoms with Crippen LogP contribution in [0.2, 0.25) is 5.02 Å². The second-order valence-electron chi connectivity index (χ2n) is 5.44. The van der Waals surface area contributed by atoms with Crippen molar-refractivity contribution in [3.8, 4) is 5.75 Å². The van der Waals surface area contributed by atoms with Crippen LogP contribution in [-0.4, -0.2) is 25.6 Å². The molecule has 1 aromatic rings. The molecule has 0 saturated heterocycles. The quantitative estimate of drug-likeness (QED) is 0.690. The van der Waals surface area contributed by atoms with E-state index in [0.717, 1.165) is 25.1 Å². The fourth-order valence-electron chi connectivity index (χ4n) is 2.02. The summed E-state index contributed by atoms with van der Waals surface area (Å²) in [6, 6.07) is 5.64. The summed E-state index contributed by atoms with van der Waals surface area (Å²) in [6.07, 6.45) is 3.51. The molecule has 0 atom stereocenters. The molecule has 0 bridgehead atoms. The lowest BCUT2D eigenvalue weighted by Gasteiger charge is -2.13. The standard InChI is InChI=1S/C16H23ClN2O2/c1-2-8-18-10-13-4-3-5-14(17)16(13)21-11-15(20)19-9-12-6-7-12/h3-5,12,18H,2,6-11H2,1H3,(H,19,20). The zero-order valence-electron chi connectivity index (χ0n) is 12.5. The molecule has 0 radical (unpaired) electrons. The predicted molar refractivity (Wildman–Crippen MR) is 84.7 cm³/mol. The first-order valence-electron chi connectivity index (χ1n) is 7.58. The molecule has 2 N–H and O–H groups in total. The van der Waals surface area contributed by atoms with E-state index in [2.05, 4.69) is 17.6 Å². The summed E-state index contributed by atoms with van der Waals surface area (Å²) in [7, 11) is 0. The summed E-state index contributed by atoms with van der Waals surface area (Å²) in [5, 5.41) is 6.74. The van der Waals surface area contributed by atoms with Gasteiger partial charge in [-0.2, -0.15) is 0 Å². The summed E-state index contributed by atoms with van der Waals surface area (Å²) in [4.78, 5) is 11.7. The summed E-state index contributed by atoms with van der Waals surface area (Å²) in [6.45, 7) is 4.51. The van der Waals surface area contributed by atoms with Crippen LogP contribution in [0.1, 0.15) is 31.7 Å². The van der Waals surface area contributed by atoms with E-state index < -0.39 is 0 Å². The molecule has 5 heteroatoms. The Hall–Kier alpha value is -1.26.